The van der Waals surface area contributed by atoms with Gasteiger partial charge < -0.3 is 19.3 Å². The number of methoxy groups -OCH3 is 2. The largest absolute Gasteiger partial charge is 0.495 e. The van der Waals surface area contributed by atoms with E-state index in [1.807, 2.05) is 25.1 Å². The normalized spacial score (nSPS) is 15.4. The van der Waals surface area contributed by atoms with Crippen molar-refractivity contribution in [1.29, 1.82) is 0 Å². The van der Waals surface area contributed by atoms with E-state index in [2.05, 4.69) is 0 Å². The Balaban J connectivity index is 0.00000342. The van der Waals surface area contributed by atoms with Crippen LogP contribution in [0.4, 0.5) is 15.2 Å². The van der Waals surface area contributed by atoms with Gasteiger partial charge in [-0.2, -0.15) is 0 Å². The van der Waals surface area contributed by atoms with Gasteiger partial charge in [0.2, 0.25) is 11.8 Å². The predicted octanol–water partition coefficient (Wildman–Crippen LogP) is 3.82. The summed E-state index contributed by atoms with van der Waals surface area (Å²) in [5, 5.41) is 0.525. The van der Waals surface area contributed by atoms with Gasteiger partial charge >= 0.3 is 0 Å². The molecule has 2 amide bonds. The number of carbonyl (C=O) groups is 2. The molecule has 8 nitrogen and oxygen atoms in total. The van der Waals surface area contributed by atoms with Gasteiger partial charge in [0.25, 0.3) is 0 Å². The lowest BCUT2D eigenvalue weighted by Gasteiger charge is -2.24. The summed E-state index contributed by atoms with van der Waals surface area (Å²) in [5.74, 6) is 0.00646. The second kappa shape index (κ2) is 11.2. The van der Waals surface area contributed by atoms with Gasteiger partial charge in [-0.05, 0) is 50.5 Å². The summed E-state index contributed by atoms with van der Waals surface area (Å²) in [6.45, 7) is 1.27. The van der Waals surface area contributed by atoms with Crippen LogP contribution < -0.4 is 19.3 Å². The van der Waals surface area contributed by atoms with Gasteiger partial charge in [0.1, 0.15) is 27.5 Å². The predicted molar refractivity (Wildman–Crippen MR) is 138 cm³/mol. The first-order valence-corrected chi connectivity index (χ1v) is 11.7. The number of thiazole rings is 1. The van der Waals surface area contributed by atoms with Crippen LogP contribution in [0.3, 0.4) is 0 Å². The maximum absolute atomic E-state index is 13.7. The molecule has 0 N–H and O–H groups in total. The number of benzene rings is 2. The molecule has 0 aliphatic carbocycles. The Bertz CT molecular complexity index is 1160. The molecule has 188 valence electrons. The molecule has 0 radical (unpaired) electrons. The second-order valence-electron chi connectivity index (χ2n) is 8.32. The summed E-state index contributed by atoms with van der Waals surface area (Å²) >= 11 is 1.35. The van der Waals surface area contributed by atoms with Gasteiger partial charge in [0, 0.05) is 31.7 Å². The van der Waals surface area contributed by atoms with Crippen molar-refractivity contribution < 1.29 is 23.5 Å². The molecule has 3 aromatic rings. The first-order chi connectivity index (χ1) is 16.3. The number of rotatable bonds is 8. The van der Waals surface area contributed by atoms with Crippen LogP contribution in [0, 0.1) is 11.7 Å². The molecule has 1 aliphatic heterocycles. The van der Waals surface area contributed by atoms with Crippen LogP contribution in [0.25, 0.3) is 10.2 Å². The maximum atomic E-state index is 13.7. The third-order valence-electron chi connectivity index (χ3n) is 5.78. The molecule has 2 heterocycles. The van der Waals surface area contributed by atoms with Crippen LogP contribution in [-0.4, -0.2) is 69.6 Å². The van der Waals surface area contributed by atoms with Gasteiger partial charge in [-0.15, -0.1) is 12.4 Å². The fourth-order valence-electron chi connectivity index (χ4n) is 3.95. The molecule has 0 bridgehead atoms. The molecule has 1 saturated heterocycles. The first-order valence-electron chi connectivity index (χ1n) is 10.9. The van der Waals surface area contributed by atoms with E-state index in [0.29, 0.717) is 40.9 Å². The summed E-state index contributed by atoms with van der Waals surface area (Å²) < 4.78 is 25.1. The zero-order chi connectivity index (χ0) is 24.4. The number of carbonyl (C=O) groups excluding carboxylic acids is 2. The summed E-state index contributed by atoms with van der Waals surface area (Å²) in [4.78, 5) is 36.3. The number of hydrogen-bond acceptors (Lipinski definition) is 7. The lowest BCUT2D eigenvalue weighted by atomic mass is 10.1. The van der Waals surface area contributed by atoms with E-state index in [0.717, 1.165) is 4.70 Å². The Morgan fingerprint density at radius 2 is 1.77 bits per heavy atom. The standard InChI is InChI=1S/C24H27FN4O4S.ClH/c1-27(2)11-12-28(24-26-21-18(32-3)9-10-19(33-4)22(21)34-24)23(31)15-13-20(30)29(14-15)17-7-5-16(25)6-8-17;/h5-10,15H,11-14H2,1-4H3;1H. The van der Waals surface area contributed by atoms with E-state index in [4.69, 9.17) is 14.5 Å². The second-order valence-corrected chi connectivity index (χ2v) is 9.30. The Kier molecular flexibility index (Phi) is 8.52. The van der Waals surface area contributed by atoms with Crippen LogP contribution in [0.5, 0.6) is 11.5 Å². The fraction of sp³-hybridized carbons (Fsp3) is 0.375. The highest BCUT2D eigenvalue weighted by atomic mass is 35.5. The van der Waals surface area contributed by atoms with E-state index in [1.165, 1.54) is 28.4 Å². The molecular weight excluding hydrogens is 495 g/mol. The molecule has 1 unspecified atom stereocenters. The summed E-state index contributed by atoms with van der Waals surface area (Å²) in [6, 6.07) is 9.32. The number of likely N-dealkylation sites (N-methyl/N-ethyl adjacent to an activating group) is 1. The molecule has 0 saturated carbocycles. The third kappa shape index (κ3) is 5.50. The Labute approximate surface area is 213 Å². The van der Waals surface area contributed by atoms with Gasteiger partial charge in [-0.3, -0.25) is 14.5 Å². The van der Waals surface area contributed by atoms with Crippen LogP contribution >= 0.6 is 23.7 Å². The monoisotopic (exact) mass is 522 g/mol. The highest BCUT2D eigenvalue weighted by Gasteiger charge is 2.38. The molecule has 4 rings (SSSR count). The van der Waals surface area contributed by atoms with Crippen molar-refractivity contribution in [3.8, 4) is 11.5 Å². The van der Waals surface area contributed by atoms with Crippen molar-refractivity contribution in [2.75, 3.05) is 57.7 Å². The molecule has 1 aliphatic rings. The van der Waals surface area contributed by atoms with Gasteiger partial charge in [0.15, 0.2) is 5.13 Å². The van der Waals surface area contributed by atoms with E-state index in [1.54, 1.807) is 37.3 Å². The number of anilines is 2. The van der Waals surface area contributed by atoms with Crippen molar-refractivity contribution >= 4 is 56.6 Å². The SMILES string of the molecule is COc1ccc(OC)c2sc(N(CCN(C)C)C(=O)C3CC(=O)N(c4ccc(F)cc4)C3)nc12.Cl. The molecule has 0 spiro atoms. The lowest BCUT2D eigenvalue weighted by molar-refractivity contribution is -0.124. The highest BCUT2D eigenvalue weighted by Crippen LogP contribution is 2.40. The number of aromatic nitrogens is 1. The molecule has 35 heavy (non-hydrogen) atoms. The number of halogens is 2. The van der Waals surface area contributed by atoms with Gasteiger partial charge in [0.05, 0.1) is 20.1 Å². The number of amides is 2. The maximum Gasteiger partial charge on any atom is 0.234 e. The summed E-state index contributed by atoms with van der Waals surface area (Å²) in [5.41, 5.74) is 1.20. The average molecular weight is 523 g/mol. The van der Waals surface area contributed by atoms with E-state index in [9.17, 15) is 14.0 Å². The van der Waals surface area contributed by atoms with Crippen molar-refractivity contribution in [1.82, 2.24) is 9.88 Å². The molecule has 2 aromatic carbocycles. The minimum Gasteiger partial charge on any atom is -0.495 e. The molecule has 11 heteroatoms. The van der Waals surface area contributed by atoms with Crippen LogP contribution in [0.2, 0.25) is 0 Å². The number of nitrogens with zero attached hydrogens (tertiary/aromatic N) is 4. The smallest absolute Gasteiger partial charge is 0.234 e. The molecular formula is C24H28ClFN4O4S. The van der Waals surface area contributed by atoms with E-state index in [-0.39, 0.29) is 43.0 Å². The fourth-order valence-corrected chi connectivity index (χ4v) is 5.06. The third-order valence-corrected chi connectivity index (χ3v) is 6.87. The minimum absolute atomic E-state index is 0. The van der Waals surface area contributed by atoms with Crippen molar-refractivity contribution in [3.05, 3.63) is 42.2 Å². The topological polar surface area (TPSA) is 75.2 Å². The first kappa shape index (κ1) is 26.7. The Hall–Kier alpha value is -2.95. The molecule has 1 atom stereocenters. The van der Waals surface area contributed by atoms with Crippen LogP contribution in [0.1, 0.15) is 6.42 Å². The number of fused-ring (bicyclic) bond motifs is 1. The highest BCUT2D eigenvalue weighted by molar-refractivity contribution is 7.22. The number of hydrogen-bond donors (Lipinski definition) is 0. The zero-order valence-electron chi connectivity index (χ0n) is 20.0. The molecule has 1 fully saturated rings. The van der Waals surface area contributed by atoms with Crippen LogP contribution in [-0.2, 0) is 9.59 Å². The summed E-state index contributed by atoms with van der Waals surface area (Å²) in [7, 11) is 7.03. The van der Waals surface area contributed by atoms with E-state index < -0.39 is 5.92 Å². The van der Waals surface area contributed by atoms with Crippen molar-refractivity contribution in [3.63, 3.8) is 0 Å². The number of ether oxygens (including phenoxy) is 2. The lowest BCUT2D eigenvalue weighted by Crippen LogP contribution is -2.41. The van der Waals surface area contributed by atoms with Crippen molar-refractivity contribution in [2.45, 2.75) is 6.42 Å². The molecule has 1 aromatic heterocycles. The van der Waals surface area contributed by atoms with Gasteiger partial charge in [-0.25, -0.2) is 9.37 Å². The van der Waals surface area contributed by atoms with Crippen molar-refractivity contribution in [2.24, 2.45) is 5.92 Å². The zero-order valence-corrected chi connectivity index (χ0v) is 21.6. The average Bonchev–Trinajstić information content (AvgIpc) is 3.43. The minimum atomic E-state index is -0.532. The Morgan fingerprint density at radius 3 is 2.40 bits per heavy atom. The summed E-state index contributed by atoms with van der Waals surface area (Å²) in [6.07, 6.45) is 0.0895. The van der Waals surface area contributed by atoms with Crippen LogP contribution in [0.15, 0.2) is 36.4 Å². The van der Waals surface area contributed by atoms with Gasteiger partial charge in [-0.1, -0.05) is 11.3 Å². The quantitative estimate of drug-likeness (QED) is 0.448. The Morgan fingerprint density at radius 1 is 1.11 bits per heavy atom. The van der Waals surface area contributed by atoms with E-state index >= 15 is 0 Å².